The van der Waals surface area contributed by atoms with Gasteiger partial charge in [0, 0.05) is 6.54 Å². The van der Waals surface area contributed by atoms with E-state index < -0.39 is 0 Å². The summed E-state index contributed by atoms with van der Waals surface area (Å²) in [6, 6.07) is 5.84. The molecular formula is C13H16N4O2. The molecule has 1 amide bonds. The molecule has 6 nitrogen and oxygen atoms in total. The van der Waals surface area contributed by atoms with Gasteiger partial charge in [0.15, 0.2) is 5.69 Å². The minimum absolute atomic E-state index is 0.250. The average Bonchev–Trinajstić information content (AvgIpc) is 2.93. The maximum absolute atomic E-state index is 11.7. The van der Waals surface area contributed by atoms with Crippen LogP contribution in [0.1, 0.15) is 28.5 Å². The van der Waals surface area contributed by atoms with Gasteiger partial charge >= 0.3 is 0 Å². The van der Waals surface area contributed by atoms with E-state index in [-0.39, 0.29) is 11.6 Å². The Hall–Kier alpha value is -2.37. The third-order valence-electron chi connectivity index (χ3n) is 2.64. The first-order valence-corrected chi connectivity index (χ1v) is 6.07. The van der Waals surface area contributed by atoms with Crippen molar-refractivity contribution in [1.29, 1.82) is 0 Å². The molecule has 2 rings (SSSR count). The molecule has 0 radical (unpaired) electrons. The fraction of sp³-hybridized carbons (Fsp3) is 0.308. The molecule has 1 heterocycles. The van der Waals surface area contributed by atoms with Crippen molar-refractivity contribution in [2.75, 3.05) is 6.61 Å². The van der Waals surface area contributed by atoms with Crippen molar-refractivity contribution in [3.8, 4) is 5.75 Å². The van der Waals surface area contributed by atoms with E-state index in [0.29, 0.717) is 13.2 Å². The molecule has 1 aromatic carbocycles. The molecule has 0 saturated carbocycles. The second-order valence-corrected chi connectivity index (χ2v) is 4.07. The van der Waals surface area contributed by atoms with E-state index in [9.17, 15) is 4.79 Å². The molecule has 0 bridgehead atoms. The predicted molar refractivity (Wildman–Crippen MR) is 69.9 cm³/mol. The van der Waals surface area contributed by atoms with E-state index in [1.165, 1.54) is 6.20 Å². The Labute approximate surface area is 111 Å². The standard InChI is InChI=1S/C13H16N4O2/c1-3-19-12-5-4-10(6-9(12)2)7-14-13(18)11-8-15-17-16-11/h4-6,8H,3,7H2,1-2H3,(H,14,18)(H,15,16,17). The lowest BCUT2D eigenvalue weighted by molar-refractivity contribution is 0.0946. The topological polar surface area (TPSA) is 79.9 Å². The van der Waals surface area contributed by atoms with Crippen LogP contribution in [0.3, 0.4) is 0 Å². The number of aromatic amines is 1. The number of carbonyl (C=O) groups is 1. The van der Waals surface area contributed by atoms with Gasteiger partial charge in [-0.2, -0.15) is 15.4 Å². The van der Waals surface area contributed by atoms with Crippen LogP contribution in [-0.4, -0.2) is 27.9 Å². The number of aromatic nitrogens is 3. The Balaban J connectivity index is 1.96. The second-order valence-electron chi connectivity index (χ2n) is 4.07. The molecule has 0 fully saturated rings. The maximum Gasteiger partial charge on any atom is 0.273 e. The number of nitrogens with one attached hydrogen (secondary N) is 2. The average molecular weight is 260 g/mol. The fourth-order valence-electron chi connectivity index (χ4n) is 1.72. The molecule has 19 heavy (non-hydrogen) atoms. The van der Waals surface area contributed by atoms with Gasteiger partial charge in [0.05, 0.1) is 12.8 Å². The van der Waals surface area contributed by atoms with Crippen molar-refractivity contribution < 1.29 is 9.53 Å². The van der Waals surface area contributed by atoms with Crippen LogP contribution in [-0.2, 0) is 6.54 Å². The van der Waals surface area contributed by atoms with Crippen molar-refractivity contribution in [3.05, 3.63) is 41.2 Å². The summed E-state index contributed by atoms with van der Waals surface area (Å²) in [5, 5.41) is 12.5. The Morgan fingerprint density at radius 2 is 2.32 bits per heavy atom. The molecule has 0 atom stereocenters. The number of amides is 1. The second kappa shape index (κ2) is 5.99. The van der Waals surface area contributed by atoms with Gasteiger partial charge < -0.3 is 10.1 Å². The van der Waals surface area contributed by atoms with Gasteiger partial charge in [-0.15, -0.1) is 0 Å². The Kier molecular flexibility index (Phi) is 4.12. The van der Waals surface area contributed by atoms with Gasteiger partial charge in [0.2, 0.25) is 0 Å². The van der Waals surface area contributed by atoms with E-state index in [2.05, 4.69) is 20.7 Å². The SMILES string of the molecule is CCOc1ccc(CNC(=O)c2cn[nH]n2)cc1C. The van der Waals surface area contributed by atoms with Crippen molar-refractivity contribution in [1.82, 2.24) is 20.7 Å². The maximum atomic E-state index is 11.7. The molecular weight excluding hydrogens is 244 g/mol. The monoisotopic (exact) mass is 260 g/mol. The van der Waals surface area contributed by atoms with Crippen LogP contribution in [0.4, 0.5) is 0 Å². The molecule has 0 spiro atoms. The summed E-state index contributed by atoms with van der Waals surface area (Å²) in [5.41, 5.74) is 2.34. The van der Waals surface area contributed by atoms with E-state index in [0.717, 1.165) is 16.9 Å². The van der Waals surface area contributed by atoms with Crippen molar-refractivity contribution in [2.24, 2.45) is 0 Å². The third-order valence-corrected chi connectivity index (χ3v) is 2.64. The van der Waals surface area contributed by atoms with Gasteiger partial charge in [-0.25, -0.2) is 0 Å². The molecule has 0 aliphatic heterocycles. The Morgan fingerprint density at radius 1 is 1.47 bits per heavy atom. The lowest BCUT2D eigenvalue weighted by Gasteiger charge is -2.09. The van der Waals surface area contributed by atoms with Crippen molar-refractivity contribution in [3.63, 3.8) is 0 Å². The van der Waals surface area contributed by atoms with E-state index >= 15 is 0 Å². The number of nitrogens with zero attached hydrogens (tertiary/aromatic N) is 2. The number of rotatable bonds is 5. The number of hydrogen-bond acceptors (Lipinski definition) is 4. The van der Waals surface area contributed by atoms with Gasteiger partial charge in [-0.05, 0) is 31.0 Å². The normalized spacial score (nSPS) is 10.2. The number of ether oxygens (including phenoxy) is 1. The lowest BCUT2D eigenvalue weighted by Crippen LogP contribution is -2.23. The summed E-state index contributed by atoms with van der Waals surface area (Å²) in [4.78, 5) is 11.7. The fourth-order valence-corrected chi connectivity index (χ4v) is 1.72. The third kappa shape index (κ3) is 3.31. The van der Waals surface area contributed by atoms with Crippen LogP contribution in [0.5, 0.6) is 5.75 Å². The van der Waals surface area contributed by atoms with Crippen molar-refractivity contribution in [2.45, 2.75) is 20.4 Å². The summed E-state index contributed by atoms with van der Waals surface area (Å²) in [5.74, 6) is 0.620. The number of aryl methyl sites for hydroxylation is 1. The van der Waals surface area contributed by atoms with Crippen LogP contribution in [0.25, 0.3) is 0 Å². The molecule has 1 aromatic heterocycles. The molecule has 2 aromatic rings. The Morgan fingerprint density at radius 3 is 2.95 bits per heavy atom. The number of hydrogen-bond donors (Lipinski definition) is 2. The van der Waals surface area contributed by atoms with Crippen LogP contribution in [0.15, 0.2) is 24.4 Å². The van der Waals surface area contributed by atoms with E-state index in [1.54, 1.807) is 0 Å². The zero-order valence-electron chi connectivity index (χ0n) is 10.9. The minimum atomic E-state index is -0.250. The number of H-pyrrole nitrogens is 1. The molecule has 0 aliphatic rings. The van der Waals surface area contributed by atoms with E-state index in [4.69, 9.17) is 4.74 Å². The van der Waals surface area contributed by atoms with Gasteiger partial charge in [-0.1, -0.05) is 12.1 Å². The first-order chi connectivity index (χ1) is 9.20. The van der Waals surface area contributed by atoms with Gasteiger partial charge in [0.1, 0.15) is 5.75 Å². The van der Waals surface area contributed by atoms with Crippen molar-refractivity contribution >= 4 is 5.91 Å². The van der Waals surface area contributed by atoms with Crippen LogP contribution in [0.2, 0.25) is 0 Å². The number of carbonyl (C=O) groups excluding carboxylic acids is 1. The van der Waals surface area contributed by atoms with Crippen LogP contribution < -0.4 is 10.1 Å². The largest absolute Gasteiger partial charge is 0.494 e. The highest BCUT2D eigenvalue weighted by Gasteiger charge is 2.08. The molecule has 0 aliphatic carbocycles. The first kappa shape index (κ1) is 13.1. The highest BCUT2D eigenvalue weighted by Crippen LogP contribution is 2.18. The Bertz CT molecular complexity index is 552. The molecule has 0 saturated heterocycles. The van der Waals surface area contributed by atoms with Crippen LogP contribution >= 0.6 is 0 Å². The van der Waals surface area contributed by atoms with E-state index in [1.807, 2.05) is 32.0 Å². The summed E-state index contributed by atoms with van der Waals surface area (Å²) in [7, 11) is 0. The zero-order chi connectivity index (χ0) is 13.7. The summed E-state index contributed by atoms with van der Waals surface area (Å²) in [6.07, 6.45) is 1.39. The summed E-state index contributed by atoms with van der Waals surface area (Å²) >= 11 is 0. The molecule has 0 unspecified atom stereocenters. The first-order valence-electron chi connectivity index (χ1n) is 6.07. The highest BCUT2D eigenvalue weighted by atomic mass is 16.5. The zero-order valence-corrected chi connectivity index (χ0v) is 10.9. The van der Waals surface area contributed by atoms with Gasteiger partial charge in [-0.3, -0.25) is 4.79 Å². The smallest absolute Gasteiger partial charge is 0.273 e. The highest BCUT2D eigenvalue weighted by molar-refractivity contribution is 5.91. The summed E-state index contributed by atoms with van der Waals surface area (Å²) in [6.45, 7) is 5.02. The summed E-state index contributed by atoms with van der Waals surface area (Å²) < 4.78 is 5.47. The minimum Gasteiger partial charge on any atom is -0.494 e. The predicted octanol–water partition coefficient (Wildman–Crippen LogP) is 1.44. The quantitative estimate of drug-likeness (QED) is 0.852. The van der Waals surface area contributed by atoms with Gasteiger partial charge in [0.25, 0.3) is 5.91 Å². The molecule has 2 N–H and O–H groups in total. The number of benzene rings is 1. The molecule has 100 valence electrons. The van der Waals surface area contributed by atoms with Crippen LogP contribution in [0, 0.1) is 6.92 Å². The molecule has 6 heteroatoms. The lowest BCUT2D eigenvalue weighted by atomic mass is 10.1.